The van der Waals surface area contributed by atoms with Crippen molar-refractivity contribution in [3.63, 3.8) is 0 Å². The van der Waals surface area contributed by atoms with Crippen LogP contribution in [0.4, 0.5) is 4.39 Å². The summed E-state index contributed by atoms with van der Waals surface area (Å²) in [4.78, 5) is 12.4. The number of rotatable bonds is 7. The van der Waals surface area contributed by atoms with Gasteiger partial charge >= 0.3 is 0 Å². The smallest absolute Gasteiger partial charge is 0.262 e. The lowest BCUT2D eigenvalue weighted by atomic mass is 10.1. The van der Waals surface area contributed by atoms with Crippen LogP contribution < -0.4 is 5.32 Å². The van der Waals surface area contributed by atoms with Crippen LogP contribution in [0.3, 0.4) is 0 Å². The van der Waals surface area contributed by atoms with E-state index >= 15 is 0 Å². The number of nitriles is 1. The molecule has 1 aromatic heterocycles. The second-order valence-corrected chi connectivity index (χ2v) is 6.48. The summed E-state index contributed by atoms with van der Waals surface area (Å²) in [6.45, 7) is 6.70. The van der Waals surface area contributed by atoms with E-state index in [1.807, 2.05) is 32.9 Å². The van der Waals surface area contributed by atoms with Crippen molar-refractivity contribution in [1.29, 1.82) is 5.26 Å². The van der Waals surface area contributed by atoms with Crippen molar-refractivity contribution in [2.75, 3.05) is 13.7 Å². The molecular weight excluding hydrogens is 345 g/mol. The van der Waals surface area contributed by atoms with Crippen molar-refractivity contribution in [1.82, 2.24) is 9.88 Å². The van der Waals surface area contributed by atoms with E-state index in [2.05, 4.69) is 9.88 Å². The van der Waals surface area contributed by atoms with E-state index in [9.17, 15) is 14.4 Å². The maximum absolute atomic E-state index is 13.2. The number of nitrogens with zero attached hydrogens (tertiary/aromatic N) is 2. The molecule has 1 amide bonds. The van der Waals surface area contributed by atoms with Crippen LogP contribution in [0.2, 0.25) is 0 Å². The van der Waals surface area contributed by atoms with Crippen LogP contribution in [0.15, 0.2) is 35.9 Å². The van der Waals surface area contributed by atoms with Gasteiger partial charge in [0.1, 0.15) is 17.5 Å². The molecule has 0 aliphatic carbocycles. The van der Waals surface area contributed by atoms with Crippen molar-refractivity contribution in [3.05, 3.63) is 64.2 Å². The van der Waals surface area contributed by atoms with Crippen molar-refractivity contribution >= 4 is 12.0 Å². The Morgan fingerprint density at radius 1 is 1.41 bits per heavy atom. The molecule has 5 nitrogen and oxygen atoms in total. The predicted octanol–water partition coefficient (Wildman–Crippen LogP) is 3.67. The number of ether oxygens (including phenoxy) is 1. The molecular formula is C21H24FN3O2. The lowest BCUT2D eigenvalue weighted by Gasteiger charge is -2.17. The number of halogens is 1. The zero-order valence-corrected chi connectivity index (χ0v) is 16.0. The Balaban J connectivity index is 2.19. The van der Waals surface area contributed by atoms with Gasteiger partial charge in [-0.05, 0) is 56.2 Å². The zero-order chi connectivity index (χ0) is 20.0. The topological polar surface area (TPSA) is 67.0 Å². The Kier molecular flexibility index (Phi) is 6.91. The average molecular weight is 369 g/mol. The van der Waals surface area contributed by atoms with Crippen LogP contribution in [0.25, 0.3) is 6.08 Å². The first kappa shape index (κ1) is 20.4. The van der Waals surface area contributed by atoms with Gasteiger partial charge in [0.15, 0.2) is 0 Å². The molecule has 0 radical (unpaired) electrons. The standard InChI is InChI=1S/C21H24FN3O2/c1-14-8-18(16(3)25(14)15(2)13-27-4)10-19(11-23)21(26)24-12-17-6-5-7-20(22)9-17/h5-10,15H,12-13H2,1-4H3,(H,24,26)/b19-10-. The lowest BCUT2D eigenvalue weighted by Crippen LogP contribution is -2.24. The van der Waals surface area contributed by atoms with Gasteiger partial charge in [0.05, 0.1) is 12.6 Å². The van der Waals surface area contributed by atoms with E-state index in [1.54, 1.807) is 25.3 Å². The highest BCUT2D eigenvalue weighted by Crippen LogP contribution is 2.22. The van der Waals surface area contributed by atoms with Crippen LogP contribution in [-0.4, -0.2) is 24.2 Å². The fraction of sp³-hybridized carbons (Fsp3) is 0.333. The summed E-state index contributed by atoms with van der Waals surface area (Å²) in [6, 6.07) is 10.0. The Hall–Kier alpha value is -2.91. The molecule has 1 unspecified atom stereocenters. The number of hydrogen-bond acceptors (Lipinski definition) is 3. The van der Waals surface area contributed by atoms with Crippen LogP contribution in [0, 0.1) is 31.0 Å². The maximum Gasteiger partial charge on any atom is 0.262 e. The van der Waals surface area contributed by atoms with E-state index in [0.29, 0.717) is 12.2 Å². The van der Waals surface area contributed by atoms with Gasteiger partial charge < -0.3 is 14.6 Å². The first-order valence-corrected chi connectivity index (χ1v) is 8.69. The number of carbonyl (C=O) groups excluding carboxylic acids is 1. The minimum Gasteiger partial charge on any atom is -0.383 e. The van der Waals surface area contributed by atoms with Crippen LogP contribution in [0.1, 0.15) is 35.5 Å². The summed E-state index contributed by atoms with van der Waals surface area (Å²) < 4.78 is 20.6. The van der Waals surface area contributed by atoms with Crippen molar-refractivity contribution < 1.29 is 13.9 Å². The monoisotopic (exact) mass is 369 g/mol. The number of nitrogens with one attached hydrogen (secondary N) is 1. The fourth-order valence-corrected chi connectivity index (χ4v) is 3.17. The molecule has 0 saturated heterocycles. The molecule has 0 aliphatic heterocycles. The molecule has 2 rings (SSSR count). The molecule has 0 spiro atoms. The van der Waals surface area contributed by atoms with Gasteiger partial charge in [-0.1, -0.05) is 12.1 Å². The summed E-state index contributed by atoms with van der Waals surface area (Å²) >= 11 is 0. The number of aryl methyl sites for hydroxylation is 1. The fourth-order valence-electron chi connectivity index (χ4n) is 3.17. The first-order valence-electron chi connectivity index (χ1n) is 8.69. The maximum atomic E-state index is 13.2. The molecule has 1 N–H and O–H groups in total. The quantitative estimate of drug-likeness (QED) is 0.598. The second-order valence-electron chi connectivity index (χ2n) is 6.48. The van der Waals surface area contributed by atoms with E-state index in [-0.39, 0.29) is 24.0 Å². The third-order valence-electron chi connectivity index (χ3n) is 4.38. The van der Waals surface area contributed by atoms with Gasteiger partial charge in [-0.15, -0.1) is 0 Å². The minimum atomic E-state index is -0.489. The molecule has 1 atom stereocenters. The van der Waals surface area contributed by atoms with Crippen molar-refractivity contribution in [2.24, 2.45) is 0 Å². The third kappa shape index (κ3) is 5.05. The summed E-state index contributed by atoms with van der Waals surface area (Å²) in [6.07, 6.45) is 1.58. The van der Waals surface area contributed by atoms with Crippen molar-refractivity contribution in [3.8, 4) is 6.07 Å². The predicted molar refractivity (Wildman–Crippen MR) is 102 cm³/mol. The summed E-state index contributed by atoms with van der Waals surface area (Å²) in [5.74, 6) is -0.855. The van der Waals surface area contributed by atoms with Gasteiger partial charge in [0, 0.05) is 25.0 Å². The van der Waals surface area contributed by atoms with E-state index in [0.717, 1.165) is 17.0 Å². The Morgan fingerprint density at radius 3 is 2.78 bits per heavy atom. The molecule has 6 heteroatoms. The Labute approximate surface area is 159 Å². The normalized spacial score (nSPS) is 12.5. The van der Waals surface area contributed by atoms with E-state index in [4.69, 9.17) is 4.74 Å². The number of hydrogen-bond donors (Lipinski definition) is 1. The number of carbonyl (C=O) groups is 1. The largest absolute Gasteiger partial charge is 0.383 e. The highest BCUT2D eigenvalue weighted by molar-refractivity contribution is 6.01. The first-order chi connectivity index (χ1) is 12.9. The van der Waals surface area contributed by atoms with Crippen molar-refractivity contribution in [2.45, 2.75) is 33.4 Å². The average Bonchev–Trinajstić information content (AvgIpc) is 2.91. The molecule has 2 aromatic rings. The molecule has 1 aromatic carbocycles. The molecule has 1 heterocycles. The van der Waals surface area contributed by atoms with Gasteiger partial charge in [-0.3, -0.25) is 4.79 Å². The zero-order valence-electron chi connectivity index (χ0n) is 16.0. The number of amides is 1. The highest BCUT2D eigenvalue weighted by atomic mass is 19.1. The molecule has 27 heavy (non-hydrogen) atoms. The van der Waals surface area contributed by atoms with Gasteiger partial charge in [-0.2, -0.15) is 5.26 Å². The molecule has 0 fully saturated rings. The van der Waals surface area contributed by atoms with Crippen LogP contribution in [0.5, 0.6) is 0 Å². The van der Waals surface area contributed by atoms with Gasteiger partial charge in [0.25, 0.3) is 5.91 Å². The lowest BCUT2D eigenvalue weighted by molar-refractivity contribution is -0.117. The molecule has 142 valence electrons. The molecule has 0 aliphatic rings. The highest BCUT2D eigenvalue weighted by Gasteiger charge is 2.15. The number of methoxy groups -OCH3 is 1. The Morgan fingerprint density at radius 2 is 2.15 bits per heavy atom. The van der Waals surface area contributed by atoms with Gasteiger partial charge in [-0.25, -0.2) is 4.39 Å². The summed E-state index contributed by atoms with van der Waals surface area (Å²) in [7, 11) is 1.65. The summed E-state index contributed by atoms with van der Waals surface area (Å²) in [5.41, 5.74) is 3.44. The number of aromatic nitrogens is 1. The SMILES string of the molecule is COCC(C)n1c(C)cc(/C=C(/C#N)C(=O)NCc2cccc(F)c2)c1C. The van der Waals surface area contributed by atoms with E-state index < -0.39 is 5.91 Å². The third-order valence-corrected chi connectivity index (χ3v) is 4.38. The van der Waals surface area contributed by atoms with E-state index in [1.165, 1.54) is 12.1 Å². The molecule has 0 bridgehead atoms. The van der Waals surface area contributed by atoms with Crippen LogP contribution >= 0.6 is 0 Å². The summed E-state index contributed by atoms with van der Waals surface area (Å²) in [5, 5.41) is 12.1. The minimum absolute atomic E-state index is 0.00560. The van der Waals surface area contributed by atoms with Crippen LogP contribution in [-0.2, 0) is 16.1 Å². The van der Waals surface area contributed by atoms with Gasteiger partial charge in [0.2, 0.25) is 0 Å². The Bertz CT molecular complexity index is 893. The second kappa shape index (κ2) is 9.15. The number of benzene rings is 1. The molecule has 0 saturated carbocycles.